The van der Waals surface area contributed by atoms with Gasteiger partial charge < -0.3 is 15.5 Å². The zero-order valence-corrected chi connectivity index (χ0v) is 11.4. The predicted octanol–water partition coefficient (Wildman–Crippen LogP) is 1.64. The van der Waals surface area contributed by atoms with E-state index >= 15 is 0 Å². The van der Waals surface area contributed by atoms with E-state index in [1.54, 1.807) is 0 Å². The number of nitrogens with one attached hydrogen (secondary N) is 2. The van der Waals surface area contributed by atoms with Crippen LogP contribution in [-0.4, -0.2) is 39.8 Å². The van der Waals surface area contributed by atoms with Gasteiger partial charge in [0, 0.05) is 31.9 Å². The number of hydrogen-bond acceptors (Lipinski definition) is 3. The van der Waals surface area contributed by atoms with E-state index in [-0.39, 0.29) is 0 Å². The molecule has 0 aliphatic carbocycles. The normalized spacial score (nSPS) is 15.9. The highest BCUT2D eigenvalue weighted by molar-refractivity contribution is 5.48. The molecule has 0 atom stereocenters. The Kier molecular flexibility index (Phi) is 5.49. The van der Waals surface area contributed by atoms with Gasteiger partial charge in [-0.1, -0.05) is 12.1 Å². The fraction of sp³-hybridized carbons (Fsp3) is 0.600. The van der Waals surface area contributed by atoms with E-state index in [4.69, 9.17) is 0 Å². The molecule has 1 fully saturated rings. The summed E-state index contributed by atoms with van der Waals surface area (Å²) in [6.07, 6.45) is 3.73. The monoisotopic (exact) mass is 247 g/mol. The minimum Gasteiger partial charge on any atom is -0.369 e. The molecule has 1 heterocycles. The third-order valence-electron chi connectivity index (χ3n) is 3.56. The van der Waals surface area contributed by atoms with Crippen molar-refractivity contribution in [2.75, 3.05) is 44.7 Å². The molecule has 0 spiro atoms. The number of anilines is 1. The summed E-state index contributed by atoms with van der Waals surface area (Å²) < 4.78 is 0. The van der Waals surface area contributed by atoms with Gasteiger partial charge in [0.25, 0.3) is 0 Å². The van der Waals surface area contributed by atoms with Gasteiger partial charge in [0.05, 0.1) is 0 Å². The highest BCUT2D eigenvalue weighted by Gasteiger charge is 2.09. The van der Waals surface area contributed by atoms with Crippen molar-refractivity contribution in [3.8, 4) is 0 Å². The molecule has 0 radical (unpaired) electrons. The van der Waals surface area contributed by atoms with Gasteiger partial charge in [0.1, 0.15) is 0 Å². The maximum atomic E-state index is 3.39. The molecule has 1 aromatic carbocycles. The van der Waals surface area contributed by atoms with Crippen LogP contribution in [0.4, 0.5) is 5.69 Å². The molecule has 1 aliphatic rings. The van der Waals surface area contributed by atoms with E-state index in [1.807, 2.05) is 7.05 Å². The molecule has 2 rings (SSSR count). The largest absolute Gasteiger partial charge is 0.369 e. The number of benzene rings is 1. The average Bonchev–Trinajstić information content (AvgIpc) is 2.45. The van der Waals surface area contributed by atoms with Gasteiger partial charge >= 0.3 is 0 Å². The second kappa shape index (κ2) is 7.39. The van der Waals surface area contributed by atoms with E-state index in [2.05, 4.69) is 39.8 Å². The van der Waals surface area contributed by atoms with Crippen LogP contribution in [-0.2, 0) is 6.42 Å². The van der Waals surface area contributed by atoms with Crippen molar-refractivity contribution >= 4 is 5.69 Å². The molecule has 18 heavy (non-hydrogen) atoms. The Morgan fingerprint density at radius 1 is 1.11 bits per heavy atom. The predicted molar refractivity (Wildman–Crippen MR) is 78.4 cm³/mol. The summed E-state index contributed by atoms with van der Waals surface area (Å²) in [6.45, 7) is 5.58. The molecular formula is C15H25N3. The lowest BCUT2D eigenvalue weighted by molar-refractivity contribution is 0.589. The van der Waals surface area contributed by atoms with E-state index in [9.17, 15) is 0 Å². The highest BCUT2D eigenvalue weighted by Crippen LogP contribution is 2.16. The Morgan fingerprint density at radius 2 is 1.83 bits per heavy atom. The van der Waals surface area contributed by atoms with Crippen LogP contribution in [0.25, 0.3) is 0 Å². The number of piperazine rings is 1. The first-order valence-corrected chi connectivity index (χ1v) is 7.09. The zero-order chi connectivity index (χ0) is 12.6. The summed E-state index contributed by atoms with van der Waals surface area (Å²) in [5.41, 5.74) is 2.83. The maximum absolute atomic E-state index is 3.39. The van der Waals surface area contributed by atoms with Gasteiger partial charge in [0.2, 0.25) is 0 Å². The number of rotatable bonds is 6. The van der Waals surface area contributed by atoms with Crippen molar-refractivity contribution in [2.45, 2.75) is 19.3 Å². The van der Waals surface area contributed by atoms with Crippen molar-refractivity contribution in [2.24, 2.45) is 0 Å². The number of nitrogens with zero attached hydrogens (tertiary/aromatic N) is 1. The molecule has 1 saturated heterocycles. The lowest BCUT2D eigenvalue weighted by atomic mass is 10.1. The Hall–Kier alpha value is -1.06. The quantitative estimate of drug-likeness (QED) is 0.748. The van der Waals surface area contributed by atoms with Gasteiger partial charge in [-0.25, -0.2) is 0 Å². The molecule has 0 unspecified atom stereocenters. The standard InChI is InChI=1S/C15H25N3/c1-16-9-3-2-4-14-5-7-15(8-6-14)18-12-10-17-11-13-18/h5-8,16-17H,2-4,9-13H2,1H3. The Morgan fingerprint density at radius 3 is 2.50 bits per heavy atom. The first kappa shape index (κ1) is 13.4. The van der Waals surface area contributed by atoms with Crippen LogP contribution >= 0.6 is 0 Å². The summed E-state index contributed by atoms with van der Waals surface area (Å²) >= 11 is 0. The van der Waals surface area contributed by atoms with Crippen LogP contribution in [0.1, 0.15) is 18.4 Å². The van der Waals surface area contributed by atoms with Crippen LogP contribution in [0.3, 0.4) is 0 Å². The maximum Gasteiger partial charge on any atom is 0.0367 e. The minimum absolute atomic E-state index is 1.10. The van der Waals surface area contributed by atoms with Gasteiger partial charge in [0.15, 0.2) is 0 Å². The Balaban J connectivity index is 1.81. The second-order valence-corrected chi connectivity index (χ2v) is 4.96. The van der Waals surface area contributed by atoms with E-state index < -0.39 is 0 Å². The van der Waals surface area contributed by atoms with Gasteiger partial charge in [-0.05, 0) is 50.6 Å². The van der Waals surface area contributed by atoms with Crippen molar-refractivity contribution in [3.05, 3.63) is 29.8 Å². The molecule has 0 bridgehead atoms. The lowest BCUT2D eigenvalue weighted by Crippen LogP contribution is -2.43. The molecule has 3 heteroatoms. The molecule has 1 aliphatic heterocycles. The fourth-order valence-corrected chi connectivity index (χ4v) is 2.43. The van der Waals surface area contributed by atoms with E-state index in [1.165, 1.54) is 30.5 Å². The van der Waals surface area contributed by atoms with E-state index in [0.717, 1.165) is 32.7 Å². The summed E-state index contributed by atoms with van der Waals surface area (Å²) in [4.78, 5) is 2.46. The molecule has 2 N–H and O–H groups in total. The van der Waals surface area contributed by atoms with Crippen molar-refractivity contribution in [3.63, 3.8) is 0 Å². The molecule has 0 saturated carbocycles. The number of aryl methyl sites for hydroxylation is 1. The zero-order valence-electron chi connectivity index (χ0n) is 11.4. The van der Waals surface area contributed by atoms with Crippen molar-refractivity contribution < 1.29 is 0 Å². The molecule has 0 aromatic heterocycles. The highest BCUT2D eigenvalue weighted by atomic mass is 15.2. The third kappa shape index (κ3) is 4.00. The molecule has 100 valence electrons. The SMILES string of the molecule is CNCCCCc1ccc(N2CCNCC2)cc1. The van der Waals surface area contributed by atoms with Crippen LogP contribution < -0.4 is 15.5 Å². The van der Waals surface area contributed by atoms with Crippen LogP contribution in [0.2, 0.25) is 0 Å². The molecule has 0 amide bonds. The van der Waals surface area contributed by atoms with Crippen molar-refractivity contribution in [1.29, 1.82) is 0 Å². The van der Waals surface area contributed by atoms with Crippen LogP contribution in [0.5, 0.6) is 0 Å². The summed E-state index contributed by atoms with van der Waals surface area (Å²) in [7, 11) is 2.02. The fourth-order valence-electron chi connectivity index (χ4n) is 2.43. The van der Waals surface area contributed by atoms with Gasteiger partial charge in [-0.2, -0.15) is 0 Å². The average molecular weight is 247 g/mol. The smallest absolute Gasteiger partial charge is 0.0367 e. The van der Waals surface area contributed by atoms with Crippen LogP contribution in [0, 0.1) is 0 Å². The summed E-state index contributed by atoms with van der Waals surface area (Å²) in [5, 5.41) is 6.58. The number of hydrogen-bond donors (Lipinski definition) is 2. The Bertz CT molecular complexity index is 328. The van der Waals surface area contributed by atoms with Crippen LogP contribution in [0.15, 0.2) is 24.3 Å². The summed E-state index contributed by atoms with van der Waals surface area (Å²) in [6, 6.07) is 9.13. The van der Waals surface area contributed by atoms with Gasteiger partial charge in [-0.15, -0.1) is 0 Å². The van der Waals surface area contributed by atoms with Gasteiger partial charge in [-0.3, -0.25) is 0 Å². The lowest BCUT2D eigenvalue weighted by Gasteiger charge is -2.29. The molecule has 3 nitrogen and oxygen atoms in total. The van der Waals surface area contributed by atoms with Crippen molar-refractivity contribution in [1.82, 2.24) is 10.6 Å². The number of unbranched alkanes of at least 4 members (excludes halogenated alkanes) is 1. The van der Waals surface area contributed by atoms with E-state index in [0.29, 0.717) is 0 Å². The third-order valence-corrected chi connectivity index (χ3v) is 3.56. The second-order valence-electron chi connectivity index (χ2n) is 4.96. The summed E-state index contributed by atoms with van der Waals surface area (Å²) in [5.74, 6) is 0. The first-order valence-electron chi connectivity index (χ1n) is 7.09. The molecule has 1 aromatic rings. The molecular weight excluding hydrogens is 222 g/mol. The topological polar surface area (TPSA) is 27.3 Å². The minimum atomic E-state index is 1.10. The Labute approximate surface area is 111 Å². The first-order chi connectivity index (χ1) is 8.90.